The largest absolute Gasteiger partial charge is 0.480 e. The normalized spacial score (nSPS) is 11.8. The minimum Gasteiger partial charge on any atom is -0.480 e. The van der Waals surface area contributed by atoms with Crippen molar-refractivity contribution < 1.29 is 19.6 Å². The number of aliphatic carboxylic acids is 1. The third-order valence-electron chi connectivity index (χ3n) is 3.39. The maximum absolute atomic E-state index is 12.1. The summed E-state index contributed by atoms with van der Waals surface area (Å²) in [5.74, 6) is -1.64. The zero-order chi connectivity index (χ0) is 18.1. The predicted molar refractivity (Wildman–Crippen MR) is 89.1 cm³/mol. The first kappa shape index (κ1) is 19.5. The van der Waals surface area contributed by atoms with Gasteiger partial charge in [-0.1, -0.05) is 6.07 Å². The van der Waals surface area contributed by atoms with Gasteiger partial charge in [0.15, 0.2) is 0 Å². The van der Waals surface area contributed by atoms with Crippen molar-refractivity contribution in [3.8, 4) is 0 Å². The summed E-state index contributed by atoms with van der Waals surface area (Å²) in [6.07, 6.45) is 0.461. The Balaban J connectivity index is 2.67. The Morgan fingerprint density at radius 1 is 1.33 bits per heavy atom. The second kappa shape index (κ2) is 9.58. The SMILES string of the molecule is CNCCCN[C@H](CC(=O)Nc1cc([N+](=O)[O-])ccc1C)C(=O)O. The van der Waals surface area contributed by atoms with E-state index in [9.17, 15) is 19.7 Å². The van der Waals surface area contributed by atoms with Crippen molar-refractivity contribution in [3.05, 3.63) is 33.9 Å². The van der Waals surface area contributed by atoms with Crippen molar-refractivity contribution >= 4 is 23.3 Å². The van der Waals surface area contributed by atoms with Crippen molar-refractivity contribution in [2.24, 2.45) is 0 Å². The zero-order valence-corrected chi connectivity index (χ0v) is 13.7. The number of carboxylic acids is 1. The molecule has 0 radical (unpaired) electrons. The van der Waals surface area contributed by atoms with Gasteiger partial charge in [-0.2, -0.15) is 0 Å². The summed E-state index contributed by atoms with van der Waals surface area (Å²) in [7, 11) is 1.80. The summed E-state index contributed by atoms with van der Waals surface area (Å²) in [6.45, 7) is 2.89. The monoisotopic (exact) mass is 338 g/mol. The van der Waals surface area contributed by atoms with Crippen LogP contribution >= 0.6 is 0 Å². The Labute approximate surface area is 139 Å². The minimum absolute atomic E-state index is 0.143. The molecular weight excluding hydrogens is 316 g/mol. The molecule has 0 aliphatic rings. The molecule has 0 saturated carbocycles. The molecule has 0 spiro atoms. The summed E-state index contributed by atoms with van der Waals surface area (Å²) < 4.78 is 0. The van der Waals surface area contributed by atoms with Gasteiger partial charge in [-0.05, 0) is 39.0 Å². The molecule has 0 unspecified atom stereocenters. The van der Waals surface area contributed by atoms with E-state index in [1.54, 1.807) is 14.0 Å². The number of non-ortho nitro benzene ring substituents is 1. The number of aryl methyl sites for hydroxylation is 1. The van der Waals surface area contributed by atoms with Crippen molar-refractivity contribution in [2.75, 3.05) is 25.5 Å². The number of anilines is 1. The predicted octanol–water partition coefficient (Wildman–Crippen LogP) is 0.884. The molecule has 0 aliphatic heterocycles. The lowest BCUT2D eigenvalue weighted by Gasteiger charge is -2.15. The first-order chi connectivity index (χ1) is 11.3. The molecule has 0 fully saturated rings. The number of nitro benzene ring substituents is 1. The second-order valence-electron chi connectivity index (χ2n) is 5.31. The van der Waals surface area contributed by atoms with E-state index < -0.39 is 22.8 Å². The average Bonchev–Trinajstić information content (AvgIpc) is 2.52. The summed E-state index contributed by atoms with van der Waals surface area (Å²) in [4.78, 5) is 33.5. The number of hydrogen-bond acceptors (Lipinski definition) is 6. The van der Waals surface area contributed by atoms with E-state index in [1.807, 2.05) is 0 Å². The summed E-state index contributed by atoms with van der Waals surface area (Å²) in [5, 5.41) is 28.2. The second-order valence-corrected chi connectivity index (χ2v) is 5.31. The third-order valence-corrected chi connectivity index (χ3v) is 3.39. The van der Waals surface area contributed by atoms with Gasteiger partial charge in [0.2, 0.25) is 5.91 Å². The van der Waals surface area contributed by atoms with E-state index in [0.717, 1.165) is 13.0 Å². The van der Waals surface area contributed by atoms with Crippen LogP contribution in [-0.2, 0) is 9.59 Å². The topological polar surface area (TPSA) is 134 Å². The molecule has 9 nitrogen and oxygen atoms in total. The van der Waals surface area contributed by atoms with Gasteiger partial charge < -0.3 is 21.1 Å². The highest BCUT2D eigenvalue weighted by Crippen LogP contribution is 2.22. The standard InChI is InChI=1S/C15H22N4O5/c1-10-4-5-11(19(23)24)8-12(10)18-14(20)9-13(15(21)22)17-7-3-6-16-2/h4-5,8,13,16-17H,3,6-7,9H2,1-2H3,(H,18,20)(H,21,22)/t13-/m1/s1. The van der Waals surface area contributed by atoms with Crippen LogP contribution in [-0.4, -0.2) is 48.1 Å². The van der Waals surface area contributed by atoms with E-state index >= 15 is 0 Å². The summed E-state index contributed by atoms with van der Waals surface area (Å²) >= 11 is 0. The van der Waals surface area contributed by atoms with Gasteiger partial charge in [-0.15, -0.1) is 0 Å². The number of hydrogen-bond donors (Lipinski definition) is 4. The summed E-state index contributed by atoms with van der Waals surface area (Å²) in [6, 6.07) is 3.11. The quantitative estimate of drug-likeness (QED) is 0.283. The number of carbonyl (C=O) groups excluding carboxylic acids is 1. The minimum atomic E-state index is -1.12. The summed E-state index contributed by atoms with van der Waals surface area (Å²) in [5.41, 5.74) is 0.812. The average molecular weight is 338 g/mol. The highest BCUT2D eigenvalue weighted by atomic mass is 16.6. The van der Waals surface area contributed by atoms with Crippen LogP contribution in [0.3, 0.4) is 0 Å². The molecule has 0 heterocycles. The number of carbonyl (C=O) groups is 2. The number of nitrogens with one attached hydrogen (secondary N) is 3. The Morgan fingerprint density at radius 2 is 2.04 bits per heavy atom. The van der Waals surface area contributed by atoms with Crippen LogP contribution in [0.4, 0.5) is 11.4 Å². The smallest absolute Gasteiger partial charge is 0.321 e. The lowest BCUT2D eigenvalue weighted by Crippen LogP contribution is -2.40. The van der Waals surface area contributed by atoms with Gasteiger partial charge in [0.05, 0.1) is 17.0 Å². The maximum atomic E-state index is 12.1. The fourth-order valence-corrected chi connectivity index (χ4v) is 2.03. The number of nitrogens with zero attached hydrogens (tertiary/aromatic N) is 1. The molecule has 132 valence electrons. The fraction of sp³-hybridized carbons (Fsp3) is 0.467. The third kappa shape index (κ3) is 6.31. The molecule has 1 aromatic carbocycles. The van der Waals surface area contributed by atoms with Gasteiger partial charge in [-0.3, -0.25) is 19.7 Å². The highest BCUT2D eigenvalue weighted by molar-refractivity contribution is 5.94. The fourth-order valence-electron chi connectivity index (χ4n) is 2.03. The Hall–Kier alpha value is -2.52. The molecule has 1 aromatic rings. The van der Waals surface area contributed by atoms with Crippen LogP contribution in [0.1, 0.15) is 18.4 Å². The van der Waals surface area contributed by atoms with E-state index in [1.165, 1.54) is 18.2 Å². The molecule has 24 heavy (non-hydrogen) atoms. The molecule has 1 atom stereocenters. The first-order valence-electron chi connectivity index (χ1n) is 7.50. The van der Waals surface area contributed by atoms with E-state index in [4.69, 9.17) is 5.11 Å². The molecule has 1 amide bonds. The maximum Gasteiger partial charge on any atom is 0.321 e. The number of rotatable bonds is 10. The van der Waals surface area contributed by atoms with Gasteiger partial charge in [0.25, 0.3) is 5.69 Å². The number of carboxylic acid groups (broad SMARTS) is 1. The molecule has 0 aromatic heterocycles. The number of nitro groups is 1. The van der Waals surface area contributed by atoms with Gasteiger partial charge >= 0.3 is 5.97 Å². The Morgan fingerprint density at radius 3 is 2.62 bits per heavy atom. The Bertz CT molecular complexity index is 606. The highest BCUT2D eigenvalue weighted by Gasteiger charge is 2.21. The molecule has 0 bridgehead atoms. The van der Waals surface area contributed by atoms with Crippen LogP contribution in [0.5, 0.6) is 0 Å². The van der Waals surface area contributed by atoms with Crippen molar-refractivity contribution in [3.63, 3.8) is 0 Å². The van der Waals surface area contributed by atoms with E-state index in [2.05, 4.69) is 16.0 Å². The van der Waals surface area contributed by atoms with Gasteiger partial charge in [0, 0.05) is 12.1 Å². The van der Waals surface area contributed by atoms with E-state index in [-0.39, 0.29) is 12.1 Å². The lowest BCUT2D eigenvalue weighted by molar-refractivity contribution is -0.384. The van der Waals surface area contributed by atoms with Crippen molar-refractivity contribution in [2.45, 2.75) is 25.8 Å². The number of benzene rings is 1. The lowest BCUT2D eigenvalue weighted by atomic mass is 10.1. The van der Waals surface area contributed by atoms with Crippen LogP contribution in [0.15, 0.2) is 18.2 Å². The molecule has 9 heteroatoms. The van der Waals surface area contributed by atoms with Crippen LogP contribution < -0.4 is 16.0 Å². The molecular formula is C15H22N4O5. The van der Waals surface area contributed by atoms with Crippen molar-refractivity contribution in [1.82, 2.24) is 10.6 Å². The molecule has 4 N–H and O–H groups in total. The zero-order valence-electron chi connectivity index (χ0n) is 13.7. The van der Waals surface area contributed by atoms with Crippen LogP contribution in [0.25, 0.3) is 0 Å². The first-order valence-corrected chi connectivity index (χ1v) is 7.50. The Kier molecular flexibility index (Phi) is 7.80. The van der Waals surface area contributed by atoms with Gasteiger partial charge in [0.1, 0.15) is 6.04 Å². The molecule has 0 saturated heterocycles. The molecule has 1 rings (SSSR count). The van der Waals surface area contributed by atoms with E-state index in [0.29, 0.717) is 17.8 Å². The molecule has 0 aliphatic carbocycles. The van der Waals surface area contributed by atoms with Gasteiger partial charge in [-0.25, -0.2) is 0 Å². The van der Waals surface area contributed by atoms with Crippen LogP contribution in [0, 0.1) is 17.0 Å². The van der Waals surface area contributed by atoms with Crippen molar-refractivity contribution in [1.29, 1.82) is 0 Å². The number of amides is 1. The van der Waals surface area contributed by atoms with Crippen LogP contribution in [0.2, 0.25) is 0 Å².